The molecule has 2 fully saturated rings. The first kappa shape index (κ1) is 14.4. The molecule has 114 valence electrons. The maximum absolute atomic E-state index is 12.7. The minimum Gasteiger partial charge on any atom is -0.492 e. The minimum atomic E-state index is 0.111. The second-order valence-electron chi connectivity index (χ2n) is 6.21. The lowest BCUT2D eigenvalue weighted by atomic mass is 10.1. The first-order valence-electron chi connectivity index (χ1n) is 7.93. The number of carbonyl (C=O) groups excluding carboxylic acids is 1. The average molecular weight is 288 g/mol. The number of ether oxygens (including phenoxy) is 1. The van der Waals surface area contributed by atoms with Crippen LogP contribution in [0.3, 0.4) is 0 Å². The van der Waals surface area contributed by atoms with Crippen LogP contribution in [0.5, 0.6) is 5.75 Å². The molecule has 1 aromatic carbocycles. The summed E-state index contributed by atoms with van der Waals surface area (Å²) in [5.74, 6) is 2.12. The molecular formula is C17H24N2O2. The van der Waals surface area contributed by atoms with Gasteiger partial charge in [0, 0.05) is 13.1 Å². The molecular weight excluding hydrogens is 264 g/mol. The first-order chi connectivity index (χ1) is 10.3. The van der Waals surface area contributed by atoms with Crippen LogP contribution in [0.1, 0.15) is 29.6 Å². The summed E-state index contributed by atoms with van der Waals surface area (Å²) in [7, 11) is 1.96. The van der Waals surface area contributed by atoms with Gasteiger partial charge in [-0.15, -0.1) is 0 Å². The highest BCUT2D eigenvalue weighted by Gasteiger charge is 2.28. The fourth-order valence-electron chi connectivity index (χ4n) is 2.90. The molecule has 1 N–H and O–H groups in total. The van der Waals surface area contributed by atoms with E-state index < -0.39 is 0 Å². The van der Waals surface area contributed by atoms with Gasteiger partial charge < -0.3 is 15.0 Å². The molecule has 1 saturated heterocycles. The van der Waals surface area contributed by atoms with Gasteiger partial charge in [-0.1, -0.05) is 12.1 Å². The highest BCUT2D eigenvalue weighted by molar-refractivity contribution is 5.97. The summed E-state index contributed by atoms with van der Waals surface area (Å²) in [6.45, 7) is 3.41. The Morgan fingerprint density at radius 3 is 2.86 bits per heavy atom. The van der Waals surface area contributed by atoms with E-state index in [-0.39, 0.29) is 5.91 Å². The van der Waals surface area contributed by atoms with Gasteiger partial charge in [0.15, 0.2) is 0 Å². The van der Waals surface area contributed by atoms with Crippen LogP contribution in [0.15, 0.2) is 24.3 Å². The summed E-state index contributed by atoms with van der Waals surface area (Å²) in [6.07, 6.45) is 3.60. The third-order valence-corrected chi connectivity index (χ3v) is 4.35. The smallest absolute Gasteiger partial charge is 0.257 e. The number of para-hydroxylation sites is 1. The van der Waals surface area contributed by atoms with Crippen molar-refractivity contribution in [3.63, 3.8) is 0 Å². The van der Waals surface area contributed by atoms with E-state index in [4.69, 9.17) is 4.74 Å². The Morgan fingerprint density at radius 1 is 1.29 bits per heavy atom. The van der Waals surface area contributed by atoms with Crippen molar-refractivity contribution in [3.8, 4) is 5.75 Å². The highest BCUT2D eigenvalue weighted by Crippen LogP contribution is 2.31. The zero-order valence-electron chi connectivity index (χ0n) is 12.7. The minimum absolute atomic E-state index is 0.111. The zero-order chi connectivity index (χ0) is 14.7. The normalized spacial score (nSPS) is 21.6. The van der Waals surface area contributed by atoms with Crippen LogP contribution in [0.25, 0.3) is 0 Å². The summed E-state index contributed by atoms with van der Waals surface area (Å²) < 4.78 is 5.86. The van der Waals surface area contributed by atoms with Crippen LogP contribution < -0.4 is 10.1 Å². The van der Waals surface area contributed by atoms with Crippen LogP contribution in [-0.2, 0) is 0 Å². The van der Waals surface area contributed by atoms with Gasteiger partial charge in [0.25, 0.3) is 5.91 Å². The van der Waals surface area contributed by atoms with Crippen LogP contribution in [0.2, 0.25) is 0 Å². The van der Waals surface area contributed by atoms with Gasteiger partial charge in [-0.3, -0.25) is 4.79 Å². The zero-order valence-corrected chi connectivity index (χ0v) is 12.7. The lowest BCUT2D eigenvalue weighted by Gasteiger charge is -2.18. The van der Waals surface area contributed by atoms with E-state index in [0.717, 1.165) is 38.4 Å². The van der Waals surface area contributed by atoms with Gasteiger partial charge in [0.2, 0.25) is 0 Å². The number of amides is 1. The van der Waals surface area contributed by atoms with Gasteiger partial charge in [-0.2, -0.15) is 0 Å². The number of carbonyl (C=O) groups is 1. The van der Waals surface area contributed by atoms with E-state index in [1.165, 1.54) is 12.8 Å². The standard InChI is InChI=1S/C17H24N2O2/c1-18-10-14-8-9-19(11-14)17(20)15-4-2-3-5-16(15)21-12-13-6-7-13/h2-5,13-14,18H,6-12H2,1H3/t14-/m0/s1. The van der Waals surface area contributed by atoms with Crippen molar-refractivity contribution >= 4 is 5.91 Å². The van der Waals surface area contributed by atoms with Crippen LogP contribution in [0, 0.1) is 11.8 Å². The number of benzene rings is 1. The molecule has 0 aromatic heterocycles. The van der Waals surface area contributed by atoms with E-state index in [0.29, 0.717) is 17.4 Å². The van der Waals surface area contributed by atoms with Gasteiger partial charge >= 0.3 is 0 Å². The van der Waals surface area contributed by atoms with Gasteiger partial charge in [0.1, 0.15) is 5.75 Å². The molecule has 1 aliphatic heterocycles. The predicted molar refractivity (Wildman–Crippen MR) is 82.6 cm³/mol. The quantitative estimate of drug-likeness (QED) is 0.872. The monoisotopic (exact) mass is 288 g/mol. The van der Waals surface area contributed by atoms with E-state index in [2.05, 4.69) is 5.32 Å². The van der Waals surface area contributed by atoms with Gasteiger partial charge in [-0.05, 0) is 56.8 Å². The molecule has 4 heteroatoms. The number of likely N-dealkylation sites (tertiary alicyclic amines) is 1. The molecule has 1 saturated carbocycles. The first-order valence-corrected chi connectivity index (χ1v) is 7.93. The summed E-state index contributed by atoms with van der Waals surface area (Å²) in [5, 5.41) is 3.20. The topological polar surface area (TPSA) is 41.6 Å². The maximum atomic E-state index is 12.7. The molecule has 1 aliphatic carbocycles. The van der Waals surface area contributed by atoms with Crippen LogP contribution in [-0.4, -0.2) is 44.1 Å². The fourth-order valence-corrected chi connectivity index (χ4v) is 2.90. The van der Waals surface area contributed by atoms with Crippen LogP contribution >= 0.6 is 0 Å². The van der Waals surface area contributed by atoms with Gasteiger partial charge in [-0.25, -0.2) is 0 Å². The fraction of sp³-hybridized carbons (Fsp3) is 0.588. The average Bonchev–Trinajstić information content (AvgIpc) is 3.23. The molecule has 0 unspecified atom stereocenters. The Labute approximate surface area is 126 Å². The highest BCUT2D eigenvalue weighted by atomic mass is 16.5. The van der Waals surface area contributed by atoms with E-state index >= 15 is 0 Å². The Balaban J connectivity index is 1.66. The second kappa shape index (κ2) is 6.48. The summed E-state index contributed by atoms with van der Waals surface area (Å²) in [6, 6.07) is 7.65. The molecule has 1 aromatic rings. The Bertz CT molecular complexity index is 499. The van der Waals surface area contributed by atoms with Crippen LogP contribution in [0.4, 0.5) is 0 Å². The molecule has 4 nitrogen and oxygen atoms in total. The molecule has 2 aliphatic rings. The Kier molecular flexibility index (Phi) is 4.44. The lowest BCUT2D eigenvalue weighted by molar-refractivity contribution is 0.0782. The molecule has 1 heterocycles. The number of rotatable bonds is 6. The molecule has 0 radical (unpaired) electrons. The van der Waals surface area contributed by atoms with Gasteiger partial charge in [0.05, 0.1) is 12.2 Å². The Hall–Kier alpha value is -1.55. The third kappa shape index (κ3) is 3.56. The number of nitrogens with zero attached hydrogens (tertiary/aromatic N) is 1. The molecule has 0 bridgehead atoms. The molecule has 0 spiro atoms. The largest absolute Gasteiger partial charge is 0.492 e. The molecule has 21 heavy (non-hydrogen) atoms. The molecule has 1 atom stereocenters. The summed E-state index contributed by atoms with van der Waals surface area (Å²) >= 11 is 0. The maximum Gasteiger partial charge on any atom is 0.257 e. The molecule has 1 amide bonds. The van der Waals surface area contributed by atoms with Crippen molar-refractivity contribution in [1.29, 1.82) is 0 Å². The third-order valence-electron chi connectivity index (χ3n) is 4.35. The van der Waals surface area contributed by atoms with E-state index in [1.54, 1.807) is 0 Å². The van der Waals surface area contributed by atoms with Crippen molar-refractivity contribution in [2.45, 2.75) is 19.3 Å². The molecule has 3 rings (SSSR count). The summed E-state index contributed by atoms with van der Waals surface area (Å²) in [5.41, 5.74) is 0.711. The number of hydrogen-bond donors (Lipinski definition) is 1. The SMILES string of the molecule is CNC[C@@H]1CCN(C(=O)c2ccccc2OCC2CC2)C1. The van der Waals surface area contributed by atoms with Crippen molar-refractivity contribution in [2.24, 2.45) is 11.8 Å². The van der Waals surface area contributed by atoms with E-state index in [1.807, 2.05) is 36.2 Å². The van der Waals surface area contributed by atoms with E-state index in [9.17, 15) is 4.79 Å². The lowest BCUT2D eigenvalue weighted by Crippen LogP contribution is -2.30. The van der Waals surface area contributed by atoms with Crippen molar-refractivity contribution in [1.82, 2.24) is 10.2 Å². The van der Waals surface area contributed by atoms with Crippen molar-refractivity contribution in [3.05, 3.63) is 29.8 Å². The Morgan fingerprint density at radius 2 is 2.10 bits per heavy atom. The number of nitrogens with one attached hydrogen (secondary N) is 1. The second-order valence-corrected chi connectivity index (χ2v) is 6.21. The van der Waals surface area contributed by atoms with Crippen molar-refractivity contribution in [2.75, 3.05) is 33.3 Å². The predicted octanol–water partition coefficient (Wildman–Crippen LogP) is 2.16. The number of hydrogen-bond acceptors (Lipinski definition) is 3. The summed E-state index contributed by atoms with van der Waals surface area (Å²) in [4.78, 5) is 14.7. The van der Waals surface area contributed by atoms with Crippen molar-refractivity contribution < 1.29 is 9.53 Å².